The van der Waals surface area contributed by atoms with E-state index in [4.69, 9.17) is 5.26 Å². The first-order chi connectivity index (χ1) is 6.99. The highest BCUT2D eigenvalue weighted by molar-refractivity contribution is 5.37. The summed E-state index contributed by atoms with van der Waals surface area (Å²) in [5, 5.41) is 14.3. The predicted octanol–water partition coefficient (Wildman–Crippen LogP) is 2.37. The molecule has 0 unspecified atom stereocenters. The van der Waals surface area contributed by atoms with Gasteiger partial charge in [0.15, 0.2) is 0 Å². The Morgan fingerprint density at radius 3 is 2.53 bits per heavy atom. The average Bonchev–Trinajstić information content (AvgIpc) is 2.51. The third-order valence-corrected chi connectivity index (χ3v) is 2.86. The van der Waals surface area contributed by atoms with E-state index in [0.717, 1.165) is 12.6 Å². The second kappa shape index (κ2) is 2.99. The molecule has 6 heteroatoms. The van der Waals surface area contributed by atoms with Crippen LogP contribution in [0.5, 0.6) is 0 Å². The van der Waals surface area contributed by atoms with Crippen molar-refractivity contribution in [3.05, 3.63) is 17.5 Å². The van der Waals surface area contributed by atoms with Crippen LogP contribution in [0.2, 0.25) is 0 Å². The molecule has 1 aromatic rings. The molecule has 0 bridgehead atoms. The lowest BCUT2D eigenvalue weighted by Crippen LogP contribution is -2.34. The second-order valence-corrected chi connectivity index (χ2v) is 3.70. The van der Waals surface area contributed by atoms with E-state index in [1.165, 1.54) is 0 Å². The van der Waals surface area contributed by atoms with Crippen LogP contribution in [0, 0.1) is 11.3 Å². The van der Waals surface area contributed by atoms with Crippen LogP contribution in [0.4, 0.5) is 13.2 Å². The van der Waals surface area contributed by atoms with Gasteiger partial charge in [0.1, 0.15) is 5.69 Å². The van der Waals surface area contributed by atoms with Gasteiger partial charge in [0.2, 0.25) is 0 Å². The van der Waals surface area contributed by atoms with Crippen molar-refractivity contribution in [3.63, 3.8) is 0 Å². The standard InChI is InChI=1S/C9H8F3N3/c10-9(11,12)7-6(4-14-15-7)8(5-13)2-1-3-8/h4H,1-3H2,(H,14,15). The van der Waals surface area contributed by atoms with Crippen molar-refractivity contribution in [3.8, 4) is 6.07 Å². The first-order valence-electron chi connectivity index (χ1n) is 4.52. The van der Waals surface area contributed by atoms with E-state index in [2.05, 4.69) is 5.10 Å². The molecule has 0 spiro atoms. The lowest BCUT2D eigenvalue weighted by molar-refractivity contribution is -0.142. The smallest absolute Gasteiger partial charge is 0.273 e. The molecule has 80 valence electrons. The molecule has 1 N–H and O–H groups in total. The number of nitriles is 1. The van der Waals surface area contributed by atoms with E-state index in [1.54, 1.807) is 0 Å². The summed E-state index contributed by atoms with van der Waals surface area (Å²) < 4.78 is 37.6. The summed E-state index contributed by atoms with van der Waals surface area (Å²) in [7, 11) is 0. The molecule has 2 rings (SSSR count). The zero-order valence-electron chi connectivity index (χ0n) is 7.73. The minimum absolute atomic E-state index is 0.0104. The van der Waals surface area contributed by atoms with Crippen molar-refractivity contribution in [2.75, 3.05) is 0 Å². The summed E-state index contributed by atoms with van der Waals surface area (Å²) in [6.45, 7) is 0. The van der Waals surface area contributed by atoms with Gasteiger partial charge in [-0.3, -0.25) is 5.10 Å². The van der Waals surface area contributed by atoms with Crippen molar-refractivity contribution in [1.82, 2.24) is 10.2 Å². The molecule has 1 heterocycles. The fraction of sp³-hybridized carbons (Fsp3) is 0.556. The quantitative estimate of drug-likeness (QED) is 0.781. The lowest BCUT2D eigenvalue weighted by Gasteiger charge is -2.35. The SMILES string of the molecule is N#CC1(c2cn[nH]c2C(F)(F)F)CCC1. The van der Waals surface area contributed by atoms with E-state index in [-0.39, 0.29) is 5.56 Å². The van der Waals surface area contributed by atoms with Gasteiger partial charge in [0.05, 0.1) is 17.7 Å². The van der Waals surface area contributed by atoms with Crippen molar-refractivity contribution in [2.45, 2.75) is 30.9 Å². The lowest BCUT2D eigenvalue weighted by atomic mass is 9.65. The van der Waals surface area contributed by atoms with Gasteiger partial charge in [0, 0.05) is 5.56 Å². The van der Waals surface area contributed by atoms with Crippen molar-refractivity contribution < 1.29 is 13.2 Å². The van der Waals surface area contributed by atoms with Crippen molar-refractivity contribution in [2.24, 2.45) is 0 Å². The minimum Gasteiger partial charge on any atom is -0.273 e. The minimum atomic E-state index is -4.47. The highest BCUT2D eigenvalue weighted by Gasteiger charge is 2.47. The molecule has 1 fully saturated rings. The number of nitrogens with zero attached hydrogens (tertiary/aromatic N) is 2. The number of H-pyrrole nitrogens is 1. The number of alkyl halides is 3. The van der Waals surface area contributed by atoms with Crippen molar-refractivity contribution >= 4 is 0 Å². The van der Waals surface area contributed by atoms with Gasteiger partial charge in [-0.25, -0.2) is 0 Å². The van der Waals surface area contributed by atoms with Crippen LogP contribution < -0.4 is 0 Å². The number of nitrogens with one attached hydrogen (secondary N) is 1. The monoisotopic (exact) mass is 215 g/mol. The number of aromatic nitrogens is 2. The Morgan fingerprint density at radius 2 is 2.13 bits per heavy atom. The summed E-state index contributed by atoms with van der Waals surface area (Å²) in [5.41, 5.74) is -1.87. The second-order valence-electron chi connectivity index (χ2n) is 3.70. The van der Waals surface area contributed by atoms with Gasteiger partial charge in [0.25, 0.3) is 0 Å². The molecule has 0 aliphatic heterocycles. The molecule has 15 heavy (non-hydrogen) atoms. The van der Waals surface area contributed by atoms with Gasteiger partial charge in [-0.15, -0.1) is 0 Å². The van der Waals surface area contributed by atoms with Gasteiger partial charge in [-0.1, -0.05) is 0 Å². The van der Waals surface area contributed by atoms with Crippen LogP contribution in [0.1, 0.15) is 30.5 Å². The predicted molar refractivity (Wildman–Crippen MR) is 44.7 cm³/mol. The molecule has 0 aromatic carbocycles. The third-order valence-electron chi connectivity index (χ3n) is 2.86. The summed E-state index contributed by atoms with van der Waals surface area (Å²) >= 11 is 0. The molecule has 0 saturated heterocycles. The van der Waals surface area contributed by atoms with Crippen LogP contribution in [-0.4, -0.2) is 10.2 Å². The van der Waals surface area contributed by atoms with Gasteiger partial charge in [-0.2, -0.15) is 23.5 Å². The van der Waals surface area contributed by atoms with Crippen LogP contribution >= 0.6 is 0 Å². The molecule has 0 atom stereocenters. The Bertz CT molecular complexity index is 409. The fourth-order valence-corrected chi connectivity index (χ4v) is 1.84. The topological polar surface area (TPSA) is 52.5 Å². The Hall–Kier alpha value is -1.51. The number of hydrogen-bond acceptors (Lipinski definition) is 2. The maximum Gasteiger partial charge on any atom is 0.433 e. The Balaban J connectivity index is 2.46. The zero-order chi connectivity index (χ0) is 11.1. The normalized spacial score (nSPS) is 19.3. The van der Waals surface area contributed by atoms with E-state index in [0.29, 0.717) is 12.8 Å². The van der Waals surface area contributed by atoms with Crippen LogP contribution in [0.3, 0.4) is 0 Å². The molecule has 1 aliphatic rings. The maximum atomic E-state index is 12.5. The Kier molecular flexibility index (Phi) is 2.00. The third kappa shape index (κ3) is 1.39. The number of aromatic amines is 1. The van der Waals surface area contributed by atoms with E-state index < -0.39 is 17.3 Å². The van der Waals surface area contributed by atoms with Crippen LogP contribution in [0.15, 0.2) is 6.20 Å². The first-order valence-corrected chi connectivity index (χ1v) is 4.52. The van der Waals surface area contributed by atoms with E-state index in [1.807, 2.05) is 11.2 Å². The van der Waals surface area contributed by atoms with E-state index >= 15 is 0 Å². The maximum absolute atomic E-state index is 12.5. The van der Waals surface area contributed by atoms with Gasteiger partial charge < -0.3 is 0 Å². The summed E-state index contributed by atoms with van der Waals surface area (Å²) in [6, 6.07) is 1.97. The largest absolute Gasteiger partial charge is 0.433 e. The molecule has 0 amide bonds. The molecule has 1 saturated carbocycles. The van der Waals surface area contributed by atoms with Gasteiger partial charge in [-0.05, 0) is 19.3 Å². The molecule has 1 aromatic heterocycles. The Labute approximate surface area is 83.9 Å². The molecule has 1 aliphatic carbocycles. The van der Waals surface area contributed by atoms with E-state index in [9.17, 15) is 13.2 Å². The highest BCUT2D eigenvalue weighted by Crippen LogP contribution is 2.46. The Morgan fingerprint density at radius 1 is 1.47 bits per heavy atom. The van der Waals surface area contributed by atoms with Crippen LogP contribution in [0.25, 0.3) is 0 Å². The summed E-state index contributed by atoms with van der Waals surface area (Å²) in [6.07, 6.45) is -1.61. The van der Waals surface area contributed by atoms with Gasteiger partial charge >= 0.3 is 6.18 Å². The highest BCUT2D eigenvalue weighted by atomic mass is 19.4. The summed E-state index contributed by atoms with van der Waals surface area (Å²) in [4.78, 5) is 0. The number of halogens is 3. The van der Waals surface area contributed by atoms with Crippen LogP contribution in [-0.2, 0) is 11.6 Å². The fourth-order valence-electron chi connectivity index (χ4n) is 1.84. The molecule has 3 nitrogen and oxygen atoms in total. The average molecular weight is 215 g/mol. The first kappa shape index (κ1) is 10.0. The number of rotatable bonds is 1. The zero-order valence-corrected chi connectivity index (χ0v) is 7.73. The number of hydrogen-bond donors (Lipinski definition) is 1. The molecular formula is C9H8F3N3. The molecular weight excluding hydrogens is 207 g/mol. The molecule has 0 radical (unpaired) electrons. The summed E-state index contributed by atoms with van der Waals surface area (Å²) in [5.74, 6) is 0. The van der Waals surface area contributed by atoms with Crippen molar-refractivity contribution in [1.29, 1.82) is 5.26 Å².